The van der Waals surface area contributed by atoms with Gasteiger partial charge in [-0.15, -0.1) is 0 Å². The summed E-state index contributed by atoms with van der Waals surface area (Å²) in [6, 6.07) is 22.7. The molecule has 1 aliphatic rings. The van der Waals surface area contributed by atoms with Crippen LogP contribution in [0.3, 0.4) is 0 Å². The van der Waals surface area contributed by atoms with Gasteiger partial charge in [0.1, 0.15) is 0 Å². The lowest BCUT2D eigenvalue weighted by molar-refractivity contribution is -0.115. The molecule has 6 nitrogen and oxygen atoms in total. The molecule has 2 N–H and O–H groups in total. The fraction of sp³-hybridized carbons (Fsp3) is 0.179. The predicted octanol–water partition coefficient (Wildman–Crippen LogP) is 5.14. The minimum absolute atomic E-state index is 0.0888. The number of halogens is 1. The molecule has 0 aromatic heterocycles. The number of amides is 2. The van der Waals surface area contributed by atoms with Crippen molar-refractivity contribution in [1.82, 2.24) is 10.2 Å². The van der Waals surface area contributed by atoms with Crippen molar-refractivity contribution in [3.8, 4) is 0 Å². The van der Waals surface area contributed by atoms with Gasteiger partial charge in [0.2, 0.25) is 5.91 Å². The molecule has 1 heterocycles. The second-order valence-electron chi connectivity index (χ2n) is 8.47. The molecule has 0 radical (unpaired) electrons. The zero-order valence-corrected chi connectivity index (χ0v) is 21.5. The lowest BCUT2D eigenvalue weighted by Gasteiger charge is -2.36. The van der Waals surface area contributed by atoms with Crippen LogP contribution in [0.25, 0.3) is 6.08 Å². The van der Waals surface area contributed by atoms with Crippen LogP contribution in [0, 0.1) is 6.92 Å². The summed E-state index contributed by atoms with van der Waals surface area (Å²) in [5.74, 6) is -0.233. The first kappa shape index (κ1) is 25.4. The SMILES string of the molecule is Cc1ccccc1C(=O)N1CCN(c2ccc(NC(=S)NC(=O)/C=C/c3ccc(Cl)cc3)cc2)CC1. The summed E-state index contributed by atoms with van der Waals surface area (Å²) in [5.41, 5.74) is 4.48. The average molecular weight is 519 g/mol. The van der Waals surface area contributed by atoms with Gasteiger partial charge >= 0.3 is 0 Å². The van der Waals surface area contributed by atoms with E-state index in [1.165, 1.54) is 6.08 Å². The van der Waals surface area contributed by atoms with Gasteiger partial charge in [0.15, 0.2) is 5.11 Å². The number of carbonyl (C=O) groups excluding carboxylic acids is 2. The molecule has 0 spiro atoms. The second-order valence-corrected chi connectivity index (χ2v) is 9.31. The van der Waals surface area contributed by atoms with E-state index in [-0.39, 0.29) is 16.9 Å². The first-order valence-corrected chi connectivity index (χ1v) is 12.4. The van der Waals surface area contributed by atoms with Crippen LogP contribution >= 0.6 is 23.8 Å². The van der Waals surface area contributed by atoms with Crippen molar-refractivity contribution in [2.75, 3.05) is 36.4 Å². The molecule has 2 amide bonds. The fourth-order valence-electron chi connectivity index (χ4n) is 3.97. The maximum Gasteiger partial charge on any atom is 0.254 e. The van der Waals surface area contributed by atoms with E-state index in [1.54, 1.807) is 18.2 Å². The molecule has 0 unspecified atom stereocenters. The van der Waals surface area contributed by atoms with Gasteiger partial charge in [-0.3, -0.25) is 14.9 Å². The molecule has 0 bridgehead atoms. The van der Waals surface area contributed by atoms with Gasteiger partial charge in [-0.2, -0.15) is 0 Å². The Balaban J connectivity index is 1.25. The largest absolute Gasteiger partial charge is 0.368 e. The van der Waals surface area contributed by atoms with Gasteiger partial charge in [-0.25, -0.2) is 0 Å². The van der Waals surface area contributed by atoms with Crippen molar-refractivity contribution >= 4 is 58.2 Å². The Kier molecular flexibility index (Phi) is 8.36. The van der Waals surface area contributed by atoms with Crippen molar-refractivity contribution < 1.29 is 9.59 Å². The molecule has 1 fully saturated rings. The smallest absolute Gasteiger partial charge is 0.254 e. The number of nitrogens with zero attached hydrogens (tertiary/aromatic N) is 2. The van der Waals surface area contributed by atoms with Crippen LogP contribution in [-0.2, 0) is 4.79 Å². The Morgan fingerprint density at radius 3 is 2.25 bits per heavy atom. The lowest BCUT2D eigenvalue weighted by atomic mass is 10.1. The van der Waals surface area contributed by atoms with Gasteiger partial charge < -0.3 is 15.1 Å². The van der Waals surface area contributed by atoms with E-state index < -0.39 is 0 Å². The molecule has 8 heteroatoms. The van der Waals surface area contributed by atoms with Gasteiger partial charge in [0.25, 0.3) is 5.91 Å². The zero-order valence-electron chi connectivity index (χ0n) is 19.9. The topological polar surface area (TPSA) is 64.7 Å². The number of thiocarbonyl (C=S) groups is 1. The van der Waals surface area contributed by atoms with E-state index in [9.17, 15) is 9.59 Å². The number of hydrogen-bond donors (Lipinski definition) is 2. The van der Waals surface area contributed by atoms with Crippen molar-refractivity contribution in [2.24, 2.45) is 0 Å². The third kappa shape index (κ3) is 6.71. The van der Waals surface area contributed by atoms with Crippen LogP contribution in [0.1, 0.15) is 21.5 Å². The molecule has 4 rings (SSSR count). The Morgan fingerprint density at radius 2 is 1.58 bits per heavy atom. The van der Waals surface area contributed by atoms with E-state index in [4.69, 9.17) is 23.8 Å². The van der Waals surface area contributed by atoms with E-state index in [0.29, 0.717) is 18.1 Å². The van der Waals surface area contributed by atoms with Gasteiger partial charge in [0, 0.05) is 54.2 Å². The number of rotatable bonds is 5. The van der Waals surface area contributed by atoms with Crippen molar-refractivity contribution in [2.45, 2.75) is 6.92 Å². The maximum atomic E-state index is 12.9. The van der Waals surface area contributed by atoms with Gasteiger partial charge in [-0.1, -0.05) is 41.9 Å². The van der Waals surface area contributed by atoms with Crippen LogP contribution in [0.2, 0.25) is 5.02 Å². The van der Waals surface area contributed by atoms with Crippen LogP contribution in [0.4, 0.5) is 11.4 Å². The minimum atomic E-state index is -0.322. The molecule has 1 aliphatic heterocycles. The Hall–Kier alpha value is -3.68. The van der Waals surface area contributed by atoms with Gasteiger partial charge in [-0.05, 0) is 78.8 Å². The summed E-state index contributed by atoms with van der Waals surface area (Å²) in [6.07, 6.45) is 3.11. The highest BCUT2D eigenvalue weighted by atomic mass is 35.5. The quantitative estimate of drug-likeness (QED) is 0.362. The zero-order chi connectivity index (χ0) is 25.5. The molecule has 0 saturated carbocycles. The van der Waals surface area contributed by atoms with Crippen molar-refractivity contribution in [1.29, 1.82) is 0 Å². The van der Waals surface area contributed by atoms with Crippen molar-refractivity contribution in [3.63, 3.8) is 0 Å². The molecule has 1 saturated heterocycles. The molecule has 184 valence electrons. The highest BCUT2D eigenvalue weighted by molar-refractivity contribution is 7.80. The molecule has 3 aromatic rings. The predicted molar refractivity (Wildman–Crippen MR) is 151 cm³/mol. The molecule has 0 aliphatic carbocycles. The number of aryl methyl sites for hydroxylation is 1. The summed E-state index contributed by atoms with van der Waals surface area (Å²) in [5, 5.41) is 6.53. The van der Waals surface area contributed by atoms with E-state index in [0.717, 1.165) is 41.2 Å². The molecular formula is C28H27ClN4O2S. The number of hydrogen-bond acceptors (Lipinski definition) is 4. The molecule has 3 aromatic carbocycles. The molecular weight excluding hydrogens is 492 g/mol. The Labute approximate surface area is 221 Å². The number of benzene rings is 3. The summed E-state index contributed by atoms with van der Waals surface area (Å²) in [7, 11) is 0. The minimum Gasteiger partial charge on any atom is -0.368 e. The number of carbonyl (C=O) groups is 2. The van der Waals surface area contributed by atoms with Gasteiger partial charge in [0.05, 0.1) is 0 Å². The monoisotopic (exact) mass is 518 g/mol. The standard InChI is InChI=1S/C28H27ClN4O2S/c1-20-4-2-3-5-25(20)27(35)33-18-16-32(17-19-33)24-13-11-23(12-14-24)30-28(36)31-26(34)15-8-21-6-9-22(29)10-7-21/h2-15H,16-19H2,1H3,(H2,30,31,34,36)/b15-8+. The summed E-state index contributed by atoms with van der Waals surface area (Å²) in [4.78, 5) is 29.2. The molecule has 36 heavy (non-hydrogen) atoms. The average Bonchev–Trinajstić information content (AvgIpc) is 2.89. The fourth-order valence-corrected chi connectivity index (χ4v) is 4.31. The second kappa shape index (κ2) is 11.8. The van der Waals surface area contributed by atoms with Crippen LogP contribution in [-0.4, -0.2) is 48.0 Å². The van der Waals surface area contributed by atoms with Crippen molar-refractivity contribution in [3.05, 3.63) is 101 Å². The number of anilines is 2. The number of nitrogens with one attached hydrogen (secondary N) is 2. The van der Waals surface area contributed by atoms with E-state index in [2.05, 4.69) is 15.5 Å². The first-order chi connectivity index (χ1) is 17.4. The van der Waals surface area contributed by atoms with E-state index in [1.807, 2.05) is 72.5 Å². The number of piperazine rings is 1. The Morgan fingerprint density at radius 1 is 0.917 bits per heavy atom. The van der Waals surface area contributed by atoms with E-state index >= 15 is 0 Å². The summed E-state index contributed by atoms with van der Waals surface area (Å²) in [6.45, 7) is 4.84. The van der Waals surface area contributed by atoms with Crippen LogP contribution in [0.5, 0.6) is 0 Å². The highest BCUT2D eigenvalue weighted by Gasteiger charge is 2.23. The third-order valence-electron chi connectivity index (χ3n) is 5.97. The molecule has 0 atom stereocenters. The van der Waals surface area contributed by atoms with Crippen LogP contribution in [0.15, 0.2) is 78.9 Å². The maximum absolute atomic E-state index is 12.9. The highest BCUT2D eigenvalue weighted by Crippen LogP contribution is 2.21. The summed E-state index contributed by atoms with van der Waals surface area (Å²) < 4.78 is 0. The summed E-state index contributed by atoms with van der Waals surface area (Å²) >= 11 is 11.1. The first-order valence-electron chi connectivity index (χ1n) is 11.6. The third-order valence-corrected chi connectivity index (χ3v) is 6.42. The Bertz CT molecular complexity index is 1270. The van der Waals surface area contributed by atoms with Crippen LogP contribution < -0.4 is 15.5 Å². The normalized spacial score (nSPS) is 13.5. The lowest BCUT2D eigenvalue weighted by Crippen LogP contribution is -2.48.